The molecule has 0 aromatic heterocycles. The molecule has 0 fully saturated rings. The van der Waals surface area contributed by atoms with Gasteiger partial charge in [0.1, 0.15) is 18.1 Å². The van der Waals surface area contributed by atoms with E-state index in [4.69, 9.17) is 16.6 Å². The zero-order valence-corrected chi connectivity index (χ0v) is 18.1. The van der Waals surface area contributed by atoms with Gasteiger partial charge in [0.2, 0.25) is 17.7 Å². The minimum atomic E-state index is -1.41. The third kappa shape index (κ3) is 11.3. The topological polar surface area (TPSA) is 214 Å². The molecule has 0 heterocycles. The third-order valence-corrected chi connectivity index (χ3v) is 4.84. The normalized spacial score (nSPS) is 14.6. The van der Waals surface area contributed by atoms with E-state index in [1.54, 1.807) is 13.8 Å². The van der Waals surface area contributed by atoms with Gasteiger partial charge in [0, 0.05) is 6.42 Å². The van der Waals surface area contributed by atoms with Gasteiger partial charge in [-0.05, 0) is 38.1 Å². The number of unbranched alkanes of at least 4 members (excludes halogenated alkanes) is 1. The highest BCUT2D eigenvalue weighted by atomic mass is 16.4. The van der Waals surface area contributed by atoms with Crippen molar-refractivity contribution in [3.05, 3.63) is 0 Å². The zero-order chi connectivity index (χ0) is 24.0. The third-order valence-electron chi connectivity index (χ3n) is 4.84. The summed E-state index contributed by atoms with van der Waals surface area (Å²) in [6.45, 7) is 3.62. The molecule has 0 rings (SSSR count). The van der Waals surface area contributed by atoms with Crippen molar-refractivity contribution in [2.75, 3.05) is 13.1 Å². The first-order chi connectivity index (χ1) is 14.6. The van der Waals surface area contributed by atoms with Crippen LogP contribution in [0.5, 0.6) is 0 Å². The molecule has 0 spiro atoms. The Balaban J connectivity index is 5.38. The molecular formula is C19H35N5O7. The molecular weight excluding hydrogens is 410 g/mol. The number of aliphatic carboxylic acids is 2. The molecule has 4 unspecified atom stereocenters. The fraction of sp³-hybridized carbons (Fsp3) is 0.737. The van der Waals surface area contributed by atoms with Gasteiger partial charge in [0.25, 0.3) is 0 Å². The Morgan fingerprint density at radius 2 is 1.52 bits per heavy atom. The molecule has 12 heteroatoms. The number of carbonyl (C=O) groups is 5. The second kappa shape index (κ2) is 15.1. The van der Waals surface area contributed by atoms with Gasteiger partial charge in [-0.2, -0.15) is 0 Å². The van der Waals surface area contributed by atoms with Gasteiger partial charge in [-0.15, -0.1) is 0 Å². The average Bonchev–Trinajstić information content (AvgIpc) is 2.72. The Bertz CT molecular complexity index is 629. The van der Waals surface area contributed by atoms with E-state index in [2.05, 4.69) is 16.0 Å². The highest BCUT2D eigenvalue weighted by Crippen LogP contribution is 2.11. The van der Waals surface area contributed by atoms with E-state index in [-0.39, 0.29) is 18.9 Å². The number of carbonyl (C=O) groups excluding carboxylic acids is 3. The molecule has 0 aliphatic rings. The lowest BCUT2D eigenvalue weighted by atomic mass is 9.96. The van der Waals surface area contributed by atoms with Gasteiger partial charge < -0.3 is 37.6 Å². The van der Waals surface area contributed by atoms with Crippen LogP contribution in [0.3, 0.4) is 0 Å². The molecule has 3 amide bonds. The number of hydrogen-bond donors (Lipinski definition) is 7. The molecule has 4 atom stereocenters. The maximum atomic E-state index is 12.8. The monoisotopic (exact) mass is 445 g/mol. The van der Waals surface area contributed by atoms with Crippen LogP contribution < -0.4 is 27.4 Å². The van der Waals surface area contributed by atoms with E-state index in [1.807, 2.05) is 0 Å². The smallest absolute Gasteiger partial charge is 0.326 e. The van der Waals surface area contributed by atoms with Gasteiger partial charge in [-0.25, -0.2) is 4.79 Å². The minimum Gasteiger partial charge on any atom is -0.481 e. The molecule has 12 nitrogen and oxygen atoms in total. The Kier molecular flexibility index (Phi) is 13.8. The van der Waals surface area contributed by atoms with Gasteiger partial charge >= 0.3 is 11.9 Å². The predicted octanol–water partition coefficient (Wildman–Crippen LogP) is -1.48. The number of amides is 3. The van der Waals surface area contributed by atoms with Crippen molar-refractivity contribution in [1.82, 2.24) is 16.0 Å². The lowest BCUT2D eigenvalue weighted by Gasteiger charge is -2.27. The molecule has 31 heavy (non-hydrogen) atoms. The van der Waals surface area contributed by atoms with E-state index >= 15 is 0 Å². The second-order valence-electron chi connectivity index (χ2n) is 7.31. The first-order valence-electron chi connectivity index (χ1n) is 10.3. The summed E-state index contributed by atoms with van der Waals surface area (Å²) in [5.74, 6) is -4.80. The number of nitrogens with two attached hydrogens (primary N) is 2. The van der Waals surface area contributed by atoms with Crippen molar-refractivity contribution < 1.29 is 34.2 Å². The average molecular weight is 446 g/mol. The quantitative estimate of drug-likeness (QED) is 0.138. The van der Waals surface area contributed by atoms with Crippen LogP contribution in [0.2, 0.25) is 0 Å². The number of rotatable bonds is 16. The molecule has 9 N–H and O–H groups in total. The molecule has 0 aliphatic carbocycles. The van der Waals surface area contributed by atoms with Crippen LogP contribution in [0.25, 0.3) is 0 Å². The Morgan fingerprint density at radius 1 is 0.871 bits per heavy atom. The van der Waals surface area contributed by atoms with E-state index in [0.29, 0.717) is 32.2 Å². The highest BCUT2D eigenvalue weighted by Gasteiger charge is 2.32. The van der Waals surface area contributed by atoms with Crippen molar-refractivity contribution in [2.24, 2.45) is 17.4 Å². The van der Waals surface area contributed by atoms with Gasteiger partial charge in [-0.3, -0.25) is 19.2 Å². The molecule has 0 aromatic carbocycles. The number of carboxylic acids is 2. The van der Waals surface area contributed by atoms with Gasteiger partial charge in [0.05, 0.1) is 6.54 Å². The fourth-order valence-electron chi connectivity index (χ4n) is 2.76. The van der Waals surface area contributed by atoms with Crippen molar-refractivity contribution >= 4 is 29.7 Å². The number of nitrogens with one attached hydrogen (secondary N) is 3. The molecule has 0 saturated carbocycles. The largest absolute Gasteiger partial charge is 0.481 e. The zero-order valence-electron chi connectivity index (χ0n) is 18.1. The summed E-state index contributed by atoms with van der Waals surface area (Å²) in [5.41, 5.74) is 10.8. The van der Waals surface area contributed by atoms with Crippen molar-refractivity contribution in [2.45, 2.75) is 70.5 Å². The van der Waals surface area contributed by atoms with E-state index in [9.17, 15) is 29.1 Å². The molecule has 0 saturated heterocycles. The van der Waals surface area contributed by atoms with E-state index in [0.717, 1.165) is 0 Å². The highest BCUT2D eigenvalue weighted by molar-refractivity contribution is 5.93. The number of hydrogen-bond acceptors (Lipinski definition) is 7. The summed E-state index contributed by atoms with van der Waals surface area (Å²) in [6.07, 6.45) is 1.26. The summed E-state index contributed by atoms with van der Waals surface area (Å²) in [6, 6.07) is -3.41. The van der Waals surface area contributed by atoms with Crippen LogP contribution in [0.15, 0.2) is 0 Å². The SMILES string of the molecule is CCC(C)C(NC(=O)C(CCCCN)NC(=O)CN)C(=O)NC(CCC(=O)O)C(=O)O. The molecule has 0 bridgehead atoms. The molecule has 178 valence electrons. The fourth-order valence-corrected chi connectivity index (χ4v) is 2.76. The van der Waals surface area contributed by atoms with Crippen LogP contribution in [0.1, 0.15) is 52.4 Å². The Morgan fingerprint density at radius 3 is 2.00 bits per heavy atom. The first-order valence-corrected chi connectivity index (χ1v) is 10.3. The van der Waals surface area contributed by atoms with Crippen molar-refractivity contribution in [1.29, 1.82) is 0 Å². The first kappa shape index (κ1) is 28.3. The summed E-state index contributed by atoms with van der Waals surface area (Å²) >= 11 is 0. The summed E-state index contributed by atoms with van der Waals surface area (Å²) < 4.78 is 0. The molecule has 0 radical (unpaired) electrons. The van der Waals surface area contributed by atoms with Crippen LogP contribution in [-0.4, -0.2) is 71.1 Å². The lowest BCUT2D eigenvalue weighted by Crippen LogP contribution is -2.58. The van der Waals surface area contributed by atoms with Crippen LogP contribution in [0.4, 0.5) is 0 Å². The van der Waals surface area contributed by atoms with Crippen LogP contribution in [-0.2, 0) is 24.0 Å². The predicted molar refractivity (Wildman–Crippen MR) is 112 cm³/mol. The van der Waals surface area contributed by atoms with Gasteiger partial charge in [0.15, 0.2) is 0 Å². The Hall–Kier alpha value is -2.73. The summed E-state index contributed by atoms with van der Waals surface area (Å²) in [7, 11) is 0. The summed E-state index contributed by atoms with van der Waals surface area (Å²) in [4.78, 5) is 59.3. The number of carboxylic acid groups (broad SMARTS) is 2. The summed E-state index contributed by atoms with van der Waals surface area (Å²) in [5, 5.41) is 25.4. The molecule has 0 aliphatic heterocycles. The van der Waals surface area contributed by atoms with Crippen molar-refractivity contribution in [3.8, 4) is 0 Å². The maximum absolute atomic E-state index is 12.8. The lowest BCUT2D eigenvalue weighted by molar-refractivity contribution is -0.143. The van der Waals surface area contributed by atoms with Crippen LogP contribution in [0, 0.1) is 5.92 Å². The maximum Gasteiger partial charge on any atom is 0.326 e. The van der Waals surface area contributed by atoms with E-state index in [1.165, 1.54) is 0 Å². The standard InChI is InChI=1S/C19H35N5O7/c1-3-11(2)16(18(29)23-13(19(30)31)7-8-15(26)27)24-17(28)12(6-4-5-9-20)22-14(25)10-21/h11-13,16H,3-10,20-21H2,1-2H3,(H,22,25)(H,23,29)(H,24,28)(H,26,27)(H,30,31). The minimum absolute atomic E-state index is 0.292. The molecule has 0 aromatic rings. The van der Waals surface area contributed by atoms with Crippen LogP contribution >= 0.6 is 0 Å². The van der Waals surface area contributed by atoms with Crippen molar-refractivity contribution in [3.63, 3.8) is 0 Å². The van der Waals surface area contributed by atoms with E-state index < -0.39 is 54.2 Å². The second-order valence-corrected chi connectivity index (χ2v) is 7.31. The Labute approximate surface area is 181 Å². The van der Waals surface area contributed by atoms with Gasteiger partial charge in [-0.1, -0.05) is 20.3 Å².